The molecular weight excluding hydrogens is 394 g/mol. The van der Waals surface area contributed by atoms with Crippen molar-refractivity contribution in [2.75, 3.05) is 26.2 Å². The average molecular weight is 416 g/mol. The number of aliphatic hydroxyl groups excluding tert-OH is 1. The van der Waals surface area contributed by atoms with Crippen LogP contribution in [-0.4, -0.2) is 85.8 Å². The Labute approximate surface area is 173 Å². The number of nitrogens with zero attached hydrogens (tertiary/aromatic N) is 5. The van der Waals surface area contributed by atoms with E-state index in [-0.39, 0.29) is 18.4 Å². The number of hydrogen-bond acceptors (Lipinski definition) is 5. The maximum absolute atomic E-state index is 12.9. The van der Waals surface area contributed by atoms with Gasteiger partial charge in [0.15, 0.2) is 0 Å². The number of halogens is 1. The first-order valence-corrected chi connectivity index (χ1v) is 10.2. The number of piperazine rings is 2. The Morgan fingerprint density at radius 3 is 2.76 bits per heavy atom. The van der Waals surface area contributed by atoms with Gasteiger partial charge in [-0.3, -0.25) is 14.5 Å². The fourth-order valence-corrected chi connectivity index (χ4v) is 4.78. The lowest BCUT2D eigenvalue weighted by Crippen LogP contribution is -2.68. The number of benzene rings is 1. The molecule has 152 valence electrons. The highest BCUT2D eigenvalue weighted by Gasteiger charge is 2.51. The van der Waals surface area contributed by atoms with Gasteiger partial charge in [-0.05, 0) is 18.2 Å². The second-order valence-electron chi connectivity index (χ2n) is 7.95. The van der Waals surface area contributed by atoms with Gasteiger partial charge in [-0.25, -0.2) is 4.68 Å². The van der Waals surface area contributed by atoms with E-state index in [0.29, 0.717) is 37.6 Å². The second-order valence-corrected chi connectivity index (χ2v) is 8.39. The first kappa shape index (κ1) is 18.6. The molecule has 3 atom stereocenters. The summed E-state index contributed by atoms with van der Waals surface area (Å²) in [6, 6.07) is 6.53. The number of aromatic nitrogens is 2. The number of hydrogen-bond donors (Lipinski definition) is 1. The molecular formula is C20H22ClN5O3. The van der Waals surface area contributed by atoms with Crippen LogP contribution >= 0.6 is 11.6 Å². The molecule has 8 nitrogen and oxygen atoms in total. The Balaban J connectivity index is 1.29. The summed E-state index contributed by atoms with van der Waals surface area (Å²) in [5.74, 6) is -0.0787. The molecule has 0 radical (unpaired) electrons. The van der Waals surface area contributed by atoms with Crippen LogP contribution in [0.15, 0.2) is 36.7 Å². The van der Waals surface area contributed by atoms with Crippen LogP contribution in [0.1, 0.15) is 12.0 Å². The van der Waals surface area contributed by atoms with Crippen molar-refractivity contribution >= 4 is 23.4 Å². The number of amides is 2. The topological polar surface area (TPSA) is 81.9 Å². The molecule has 1 N–H and O–H groups in total. The first-order chi connectivity index (χ1) is 14.0. The average Bonchev–Trinajstić information content (AvgIpc) is 3.33. The summed E-state index contributed by atoms with van der Waals surface area (Å²) in [4.78, 5) is 31.1. The minimum Gasteiger partial charge on any atom is -0.391 e. The quantitative estimate of drug-likeness (QED) is 0.790. The van der Waals surface area contributed by atoms with Gasteiger partial charge in [0.1, 0.15) is 12.1 Å². The van der Waals surface area contributed by atoms with Crippen LogP contribution in [0.5, 0.6) is 0 Å². The monoisotopic (exact) mass is 415 g/mol. The van der Waals surface area contributed by atoms with E-state index >= 15 is 0 Å². The third-order valence-electron chi connectivity index (χ3n) is 5.99. The lowest BCUT2D eigenvalue weighted by atomic mass is 10.0. The standard InChI is InChI=1S/C20H22ClN5O3/c21-14-2-1-3-15(6-14)26-10-13(8-22-26)9-23-4-5-24-18(12-23)20(29)25-11-16(27)7-17(25)19(24)28/h1-3,6,8,10,16-18,27H,4-5,7,9,11-12H2/t16-,17+,18-/m1/s1. The molecule has 1 aromatic carbocycles. The highest BCUT2D eigenvalue weighted by atomic mass is 35.5. The number of fused-ring (bicyclic) bond motifs is 2. The number of carbonyl (C=O) groups excluding carboxylic acids is 2. The molecule has 0 aliphatic carbocycles. The van der Waals surface area contributed by atoms with Crippen LogP contribution in [0, 0.1) is 0 Å². The molecule has 1 aromatic heterocycles. The maximum Gasteiger partial charge on any atom is 0.247 e. The molecule has 3 saturated heterocycles. The molecule has 0 unspecified atom stereocenters. The number of aliphatic hydroxyl groups is 1. The zero-order chi connectivity index (χ0) is 20.1. The lowest BCUT2D eigenvalue weighted by Gasteiger charge is -2.47. The smallest absolute Gasteiger partial charge is 0.247 e. The zero-order valence-electron chi connectivity index (χ0n) is 15.8. The minimum atomic E-state index is -0.609. The van der Waals surface area contributed by atoms with E-state index in [1.807, 2.05) is 36.7 Å². The predicted molar refractivity (Wildman–Crippen MR) is 105 cm³/mol. The molecule has 3 aliphatic rings. The summed E-state index contributed by atoms with van der Waals surface area (Å²) in [6.07, 6.45) is 3.51. The molecule has 29 heavy (non-hydrogen) atoms. The Morgan fingerprint density at radius 1 is 1.10 bits per heavy atom. The summed E-state index contributed by atoms with van der Waals surface area (Å²) >= 11 is 6.06. The van der Waals surface area contributed by atoms with E-state index in [1.54, 1.807) is 14.5 Å². The third kappa shape index (κ3) is 3.31. The second kappa shape index (κ2) is 7.12. The molecule has 5 rings (SSSR count). The predicted octanol–water partition coefficient (Wildman–Crippen LogP) is 0.514. The molecule has 2 amide bonds. The molecule has 0 spiro atoms. The largest absolute Gasteiger partial charge is 0.391 e. The fraction of sp³-hybridized carbons (Fsp3) is 0.450. The maximum atomic E-state index is 12.9. The van der Waals surface area contributed by atoms with Crippen LogP contribution in [0.2, 0.25) is 5.02 Å². The van der Waals surface area contributed by atoms with Crippen molar-refractivity contribution in [3.8, 4) is 5.69 Å². The summed E-state index contributed by atoms with van der Waals surface area (Å²) in [5, 5.41) is 15.0. The van der Waals surface area contributed by atoms with E-state index in [9.17, 15) is 14.7 Å². The van der Waals surface area contributed by atoms with E-state index in [0.717, 1.165) is 11.3 Å². The van der Waals surface area contributed by atoms with Gasteiger partial charge >= 0.3 is 0 Å². The summed E-state index contributed by atoms with van der Waals surface area (Å²) < 4.78 is 1.78. The Bertz CT molecular complexity index is 963. The van der Waals surface area contributed by atoms with Crippen molar-refractivity contribution in [2.45, 2.75) is 31.2 Å². The Kier molecular flexibility index (Phi) is 4.57. The van der Waals surface area contributed by atoms with Crippen LogP contribution in [-0.2, 0) is 16.1 Å². The fourth-order valence-electron chi connectivity index (χ4n) is 4.59. The van der Waals surface area contributed by atoms with Gasteiger partial charge in [-0.2, -0.15) is 5.10 Å². The molecule has 9 heteroatoms. The summed E-state index contributed by atoms with van der Waals surface area (Å²) in [6.45, 7) is 2.63. The number of rotatable bonds is 3. The van der Waals surface area contributed by atoms with Crippen molar-refractivity contribution in [2.24, 2.45) is 0 Å². The number of carbonyl (C=O) groups is 2. The van der Waals surface area contributed by atoms with Gasteiger partial charge in [-0.1, -0.05) is 17.7 Å². The van der Waals surface area contributed by atoms with Crippen molar-refractivity contribution in [1.82, 2.24) is 24.5 Å². The van der Waals surface area contributed by atoms with Gasteiger partial charge in [0, 0.05) is 55.9 Å². The molecule has 2 aromatic rings. The van der Waals surface area contributed by atoms with E-state index in [4.69, 9.17) is 11.6 Å². The van der Waals surface area contributed by atoms with Gasteiger partial charge < -0.3 is 14.9 Å². The van der Waals surface area contributed by atoms with Gasteiger partial charge in [-0.15, -0.1) is 0 Å². The van der Waals surface area contributed by atoms with Crippen molar-refractivity contribution < 1.29 is 14.7 Å². The van der Waals surface area contributed by atoms with Gasteiger partial charge in [0.05, 0.1) is 18.0 Å². The Morgan fingerprint density at radius 2 is 1.93 bits per heavy atom. The van der Waals surface area contributed by atoms with Crippen molar-refractivity contribution in [1.29, 1.82) is 0 Å². The lowest BCUT2D eigenvalue weighted by molar-refractivity contribution is -0.163. The van der Waals surface area contributed by atoms with Crippen LogP contribution < -0.4 is 0 Å². The molecule has 3 fully saturated rings. The van der Waals surface area contributed by atoms with Crippen LogP contribution in [0.3, 0.4) is 0 Å². The summed E-state index contributed by atoms with van der Waals surface area (Å²) in [5.41, 5.74) is 1.92. The molecule has 3 aliphatic heterocycles. The summed E-state index contributed by atoms with van der Waals surface area (Å²) in [7, 11) is 0. The SMILES string of the molecule is O=C1[C@@H]2C[C@@H](O)CN2C(=O)[C@H]2CN(Cc3cnn(-c4cccc(Cl)c4)c3)CCN12. The molecule has 0 bridgehead atoms. The Hall–Kier alpha value is -2.42. The normalized spacial score (nSPS) is 27.3. The highest BCUT2D eigenvalue weighted by Crippen LogP contribution is 2.29. The van der Waals surface area contributed by atoms with Crippen molar-refractivity contribution in [3.63, 3.8) is 0 Å². The highest BCUT2D eigenvalue weighted by molar-refractivity contribution is 6.30. The van der Waals surface area contributed by atoms with E-state index in [2.05, 4.69) is 10.00 Å². The van der Waals surface area contributed by atoms with Gasteiger partial charge in [0.25, 0.3) is 0 Å². The van der Waals surface area contributed by atoms with Crippen LogP contribution in [0.4, 0.5) is 0 Å². The minimum absolute atomic E-state index is 0.0282. The third-order valence-corrected chi connectivity index (χ3v) is 6.23. The van der Waals surface area contributed by atoms with E-state index in [1.165, 1.54) is 0 Å². The molecule has 0 saturated carbocycles. The zero-order valence-corrected chi connectivity index (χ0v) is 16.6. The van der Waals surface area contributed by atoms with Gasteiger partial charge in [0.2, 0.25) is 11.8 Å². The van der Waals surface area contributed by atoms with Crippen LogP contribution in [0.25, 0.3) is 5.69 Å². The first-order valence-electron chi connectivity index (χ1n) is 9.80. The van der Waals surface area contributed by atoms with E-state index < -0.39 is 18.2 Å². The molecule has 4 heterocycles. The van der Waals surface area contributed by atoms with Crippen molar-refractivity contribution in [3.05, 3.63) is 47.2 Å².